The maximum Gasteiger partial charge on any atom is 0.303 e. The highest BCUT2D eigenvalue weighted by atomic mass is 32.1. The number of carboxylic acid groups (broad SMARTS) is 1. The molecule has 0 saturated heterocycles. The van der Waals surface area contributed by atoms with Gasteiger partial charge in [0.1, 0.15) is 0 Å². The second-order valence-corrected chi connectivity index (χ2v) is 5.64. The van der Waals surface area contributed by atoms with E-state index in [2.05, 4.69) is 15.3 Å². The standard InChI is InChI=1S/C15H14N4O2S/c1-10-12(7-8-14(20)21)17-18-19(10)15-16-13(9-22-15)11-5-3-2-4-6-11/h2-6,9H,7-8H2,1H3,(H,20,21). The lowest BCUT2D eigenvalue weighted by atomic mass is 10.2. The van der Waals surface area contributed by atoms with E-state index in [4.69, 9.17) is 5.11 Å². The molecule has 7 heteroatoms. The number of nitrogens with zero attached hydrogens (tertiary/aromatic N) is 4. The fraction of sp³-hybridized carbons (Fsp3) is 0.200. The van der Waals surface area contributed by atoms with Crippen LogP contribution in [0.5, 0.6) is 0 Å². The number of rotatable bonds is 5. The summed E-state index contributed by atoms with van der Waals surface area (Å²) in [7, 11) is 0. The van der Waals surface area contributed by atoms with E-state index >= 15 is 0 Å². The lowest BCUT2D eigenvalue weighted by Crippen LogP contribution is -2.01. The summed E-state index contributed by atoms with van der Waals surface area (Å²) in [6, 6.07) is 9.92. The predicted molar refractivity (Wildman–Crippen MR) is 83.2 cm³/mol. The molecule has 112 valence electrons. The zero-order chi connectivity index (χ0) is 15.5. The van der Waals surface area contributed by atoms with Crippen molar-refractivity contribution in [3.63, 3.8) is 0 Å². The van der Waals surface area contributed by atoms with Crippen LogP contribution in [0.1, 0.15) is 17.8 Å². The van der Waals surface area contributed by atoms with Crippen LogP contribution >= 0.6 is 11.3 Å². The molecule has 0 aliphatic carbocycles. The molecule has 3 aromatic rings. The molecular weight excluding hydrogens is 300 g/mol. The second-order valence-electron chi connectivity index (χ2n) is 4.81. The van der Waals surface area contributed by atoms with Crippen LogP contribution in [-0.2, 0) is 11.2 Å². The Kier molecular flexibility index (Phi) is 3.97. The van der Waals surface area contributed by atoms with Crippen LogP contribution in [-0.4, -0.2) is 31.1 Å². The highest BCUT2D eigenvalue weighted by molar-refractivity contribution is 7.12. The Balaban J connectivity index is 1.86. The molecule has 0 atom stereocenters. The van der Waals surface area contributed by atoms with E-state index < -0.39 is 5.97 Å². The lowest BCUT2D eigenvalue weighted by molar-refractivity contribution is -0.136. The zero-order valence-electron chi connectivity index (χ0n) is 11.9. The molecule has 22 heavy (non-hydrogen) atoms. The number of aryl methyl sites for hydroxylation is 1. The Hall–Kier alpha value is -2.54. The van der Waals surface area contributed by atoms with Crippen LogP contribution in [0.15, 0.2) is 35.7 Å². The SMILES string of the molecule is Cc1c(CCC(=O)O)nnn1-c1nc(-c2ccccc2)cs1. The van der Waals surface area contributed by atoms with Crippen molar-refractivity contribution < 1.29 is 9.90 Å². The molecule has 1 N–H and O–H groups in total. The van der Waals surface area contributed by atoms with E-state index in [1.54, 1.807) is 4.68 Å². The third kappa shape index (κ3) is 2.89. The van der Waals surface area contributed by atoms with Crippen molar-refractivity contribution in [1.82, 2.24) is 20.0 Å². The van der Waals surface area contributed by atoms with Gasteiger partial charge < -0.3 is 5.11 Å². The fourth-order valence-electron chi connectivity index (χ4n) is 2.10. The van der Waals surface area contributed by atoms with Crippen LogP contribution in [0, 0.1) is 6.92 Å². The molecule has 0 aliphatic heterocycles. The van der Waals surface area contributed by atoms with E-state index in [0.717, 1.165) is 22.1 Å². The van der Waals surface area contributed by atoms with Crippen LogP contribution in [0.2, 0.25) is 0 Å². The second kappa shape index (κ2) is 6.07. The van der Waals surface area contributed by atoms with Gasteiger partial charge in [0.25, 0.3) is 0 Å². The van der Waals surface area contributed by atoms with E-state index in [0.29, 0.717) is 12.1 Å². The minimum absolute atomic E-state index is 0.0483. The smallest absolute Gasteiger partial charge is 0.303 e. The highest BCUT2D eigenvalue weighted by Gasteiger charge is 2.14. The maximum absolute atomic E-state index is 10.7. The Morgan fingerprint density at radius 2 is 2.09 bits per heavy atom. The van der Waals surface area contributed by atoms with Gasteiger partial charge in [0, 0.05) is 17.4 Å². The van der Waals surface area contributed by atoms with Gasteiger partial charge in [0.2, 0.25) is 5.13 Å². The first kappa shape index (κ1) is 14.4. The molecule has 2 aromatic heterocycles. The van der Waals surface area contributed by atoms with Crippen molar-refractivity contribution in [2.45, 2.75) is 19.8 Å². The number of carboxylic acids is 1. The maximum atomic E-state index is 10.7. The number of carbonyl (C=O) groups is 1. The van der Waals surface area contributed by atoms with Gasteiger partial charge in [-0.2, -0.15) is 4.68 Å². The summed E-state index contributed by atoms with van der Waals surface area (Å²) < 4.78 is 1.66. The molecule has 0 unspecified atom stereocenters. The van der Waals surface area contributed by atoms with Gasteiger partial charge in [0.05, 0.1) is 23.5 Å². The predicted octanol–water partition coefficient (Wildman–Crippen LogP) is 2.72. The van der Waals surface area contributed by atoms with Gasteiger partial charge in [-0.25, -0.2) is 4.98 Å². The molecule has 1 aromatic carbocycles. The van der Waals surface area contributed by atoms with Gasteiger partial charge in [-0.15, -0.1) is 16.4 Å². The first-order valence-corrected chi connectivity index (χ1v) is 7.67. The van der Waals surface area contributed by atoms with Crippen molar-refractivity contribution in [2.24, 2.45) is 0 Å². The van der Waals surface area contributed by atoms with Crippen LogP contribution in [0.3, 0.4) is 0 Å². The summed E-state index contributed by atoms with van der Waals surface area (Å²) >= 11 is 1.48. The van der Waals surface area contributed by atoms with Crippen LogP contribution in [0.4, 0.5) is 0 Å². The molecule has 2 heterocycles. The zero-order valence-corrected chi connectivity index (χ0v) is 12.7. The van der Waals surface area contributed by atoms with Gasteiger partial charge in [0.15, 0.2) is 0 Å². The van der Waals surface area contributed by atoms with Gasteiger partial charge in [-0.05, 0) is 6.92 Å². The van der Waals surface area contributed by atoms with E-state index in [9.17, 15) is 4.79 Å². The molecule has 6 nitrogen and oxygen atoms in total. The van der Waals surface area contributed by atoms with Crippen molar-refractivity contribution in [2.75, 3.05) is 0 Å². The molecule has 0 spiro atoms. The molecule has 0 bridgehead atoms. The summed E-state index contributed by atoms with van der Waals surface area (Å²) in [5.74, 6) is -0.838. The molecule has 3 rings (SSSR count). The Labute approximate surface area is 131 Å². The third-order valence-electron chi connectivity index (χ3n) is 3.31. The summed E-state index contributed by atoms with van der Waals surface area (Å²) in [6.45, 7) is 1.88. The van der Waals surface area contributed by atoms with Gasteiger partial charge in [-0.3, -0.25) is 4.79 Å². The molecule has 0 radical (unpaired) electrons. The number of aromatic nitrogens is 4. The first-order valence-electron chi connectivity index (χ1n) is 6.79. The fourth-order valence-corrected chi connectivity index (χ4v) is 2.93. The minimum atomic E-state index is -0.838. The van der Waals surface area contributed by atoms with E-state index in [1.165, 1.54) is 11.3 Å². The molecule has 0 amide bonds. The van der Waals surface area contributed by atoms with Crippen LogP contribution in [0.25, 0.3) is 16.4 Å². The summed E-state index contributed by atoms with van der Waals surface area (Å²) in [4.78, 5) is 15.2. The van der Waals surface area contributed by atoms with Crippen LogP contribution < -0.4 is 0 Å². The Morgan fingerprint density at radius 1 is 1.32 bits per heavy atom. The molecular formula is C15H14N4O2S. The largest absolute Gasteiger partial charge is 0.481 e. The quantitative estimate of drug-likeness (QED) is 0.783. The highest BCUT2D eigenvalue weighted by Crippen LogP contribution is 2.24. The lowest BCUT2D eigenvalue weighted by Gasteiger charge is -1.99. The van der Waals surface area contributed by atoms with Crippen molar-refractivity contribution >= 4 is 17.3 Å². The number of aliphatic carboxylic acids is 1. The molecule has 0 saturated carbocycles. The molecule has 0 fully saturated rings. The van der Waals surface area contributed by atoms with Gasteiger partial charge in [-0.1, -0.05) is 35.5 Å². The number of thiazole rings is 1. The van der Waals surface area contributed by atoms with Gasteiger partial charge >= 0.3 is 5.97 Å². The van der Waals surface area contributed by atoms with Crippen molar-refractivity contribution in [1.29, 1.82) is 0 Å². The minimum Gasteiger partial charge on any atom is -0.481 e. The third-order valence-corrected chi connectivity index (χ3v) is 4.12. The summed E-state index contributed by atoms with van der Waals surface area (Å²) in [6.07, 6.45) is 0.421. The Morgan fingerprint density at radius 3 is 2.82 bits per heavy atom. The number of benzene rings is 1. The average Bonchev–Trinajstić information content (AvgIpc) is 3.13. The normalized spacial score (nSPS) is 10.8. The van der Waals surface area contributed by atoms with E-state index in [1.807, 2.05) is 42.6 Å². The summed E-state index contributed by atoms with van der Waals surface area (Å²) in [5.41, 5.74) is 3.46. The Bertz CT molecular complexity index is 795. The van der Waals surface area contributed by atoms with E-state index in [-0.39, 0.29) is 6.42 Å². The molecule has 0 aliphatic rings. The van der Waals surface area contributed by atoms with Crippen molar-refractivity contribution in [3.8, 4) is 16.4 Å². The number of hydrogen-bond acceptors (Lipinski definition) is 5. The monoisotopic (exact) mass is 314 g/mol. The number of hydrogen-bond donors (Lipinski definition) is 1. The first-order chi connectivity index (χ1) is 10.6. The topological polar surface area (TPSA) is 80.9 Å². The average molecular weight is 314 g/mol. The van der Waals surface area contributed by atoms with Crippen molar-refractivity contribution in [3.05, 3.63) is 47.1 Å². The summed E-state index contributed by atoms with van der Waals surface area (Å²) in [5, 5.41) is 19.6.